The summed E-state index contributed by atoms with van der Waals surface area (Å²) in [6, 6.07) is 12.7. The lowest BCUT2D eigenvalue weighted by molar-refractivity contribution is -0.193. The molecule has 202 valence electrons. The molecule has 37 heavy (non-hydrogen) atoms. The van der Waals surface area contributed by atoms with Crippen LogP contribution < -0.4 is 0 Å². The first-order valence-electron chi connectivity index (χ1n) is 10.6. The van der Waals surface area contributed by atoms with Gasteiger partial charge in [-0.05, 0) is 18.1 Å². The molecule has 9 nitrogen and oxygen atoms in total. The highest BCUT2D eigenvalue weighted by Gasteiger charge is 2.38. The molecule has 0 saturated heterocycles. The van der Waals surface area contributed by atoms with E-state index in [1.807, 2.05) is 29.3 Å². The van der Waals surface area contributed by atoms with Gasteiger partial charge in [0.2, 0.25) is 0 Å². The standard InChI is InChI=1S/C18H21N5.2C2HF3O2/c1-2-5-16(6-3-1)7-10-21-11-12-23-17(13-19-18(23)15-21)14-22-9-4-8-20-22;2*3-2(4,5)1(6)7/h1-6,8-9,13H,7,10-12,14-15H2;2*(H,6,7). The molecule has 0 saturated carbocycles. The number of nitrogens with zero attached hydrogens (tertiary/aromatic N) is 5. The van der Waals surface area contributed by atoms with E-state index < -0.39 is 24.3 Å². The third kappa shape index (κ3) is 9.95. The highest BCUT2D eigenvalue weighted by molar-refractivity contribution is 5.73. The SMILES string of the molecule is O=C(O)C(F)(F)F.O=C(O)C(F)(F)F.c1ccc(CCN2CCn3c(Cn4cccn4)cnc3C2)cc1. The zero-order valence-corrected chi connectivity index (χ0v) is 19.2. The maximum absolute atomic E-state index is 10.6. The zero-order valence-electron chi connectivity index (χ0n) is 19.2. The molecule has 0 bridgehead atoms. The molecule has 1 aliphatic heterocycles. The molecule has 0 unspecified atom stereocenters. The number of carboxylic acids is 2. The normalized spacial score (nSPS) is 13.5. The molecule has 2 N–H and O–H groups in total. The zero-order chi connectivity index (χ0) is 27.6. The lowest BCUT2D eigenvalue weighted by Crippen LogP contribution is -2.35. The minimum atomic E-state index is -5.08. The number of carboxylic acid groups (broad SMARTS) is 2. The van der Waals surface area contributed by atoms with Crippen molar-refractivity contribution in [1.29, 1.82) is 0 Å². The summed E-state index contributed by atoms with van der Waals surface area (Å²) in [5.74, 6) is -4.34. The number of aliphatic carboxylic acids is 2. The topological polar surface area (TPSA) is 113 Å². The van der Waals surface area contributed by atoms with Gasteiger partial charge in [-0.15, -0.1) is 0 Å². The molecule has 0 amide bonds. The largest absolute Gasteiger partial charge is 0.490 e. The average molecular weight is 535 g/mol. The molecule has 0 spiro atoms. The maximum atomic E-state index is 10.6. The van der Waals surface area contributed by atoms with Gasteiger partial charge in [-0.2, -0.15) is 31.4 Å². The van der Waals surface area contributed by atoms with Crippen molar-refractivity contribution in [2.45, 2.75) is 38.4 Å². The molecule has 4 rings (SSSR count). The van der Waals surface area contributed by atoms with Gasteiger partial charge in [-0.3, -0.25) is 9.58 Å². The quantitative estimate of drug-likeness (QED) is 0.481. The molecule has 0 fully saturated rings. The van der Waals surface area contributed by atoms with Crippen LogP contribution in [0.15, 0.2) is 55.0 Å². The van der Waals surface area contributed by atoms with Crippen molar-refractivity contribution < 1.29 is 46.1 Å². The van der Waals surface area contributed by atoms with Crippen molar-refractivity contribution in [2.75, 3.05) is 13.1 Å². The fourth-order valence-corrected chi connectivity index (χ4v) is 3.18. The Bertz CT molecular complexity index is 1110. The van der Waals surface area contributed by atoms with Crippen LogP contribution in [-0.2, 0) is 35.6 Å². The predicted molar refractivity (Wildman–Crippen MR) is 116 cm³/mol. The number of hydrogen-bond acceptors (Lipinski definition) is 5. The lowest BCUT2D eigenvalue weighted by atomic mass is 10.1. The van der Waals surface area contributed by atoms with Gasteiger partial charge in [0.05, 0.1) is 25.0 Å². The monoisotopic (exact) mass is 535 g/mol. The highest BCUT2D eigenvalue weighted by atomic mass is 19.4. The number of alkyl halides is 6. The van der Waals surface area contributed by atoms with Crippen molar-refractivity contribution in [3.63, 3.8) is 0 Å². The Morgan fingerprint density at radius 1 is 0.919 bits per heavy atom. The second-order valence-electron chi connectivity index (χ2n) is 7.64. The van der Waals surface area contributed by atoms with Crippen LogP contribution in [0.5, 0.6) is 0 Å². The predicted octanol–water partition coefficient (Wildman–Crippen LogP) is 3.45. The van der Waals surface area contributed by atoms with E-state index in [9.17, 15) is 26.3 Å². The fraction of sp³-hybridized carbons (Fsp3) is 0.364. The van der Waals surface area contributed by atoms with Gasteiger partial charge in [0.1, 0.15) is 5.82 Å². The van der Waals surface area contributed by atoms with Gasteiger partial charge >= 0.3 is 24.3 Å². The van der Waals surface area contributed by atoms with Crippen LogP contribution in [0.4, 0.5) is 26.3 Å². The molecule has 1 aromatic carbocycles. The minimum Gasteiger partial charge on any atom is -0.475 e. The Morgan fingerprint density at radius 3 is 2.03 bits per heavy atom. The molecule has 0 aliphatic carbocycles. The average Bonchev–Trinajstić information content (AvgIpc) is 3.48. The van der Waals surface area contributed by atoms with Crippen molar-refractivity contribution in [3.8, 4) is 0 Å². The van der Waals surface area contributed by atoms with E-state index >= 15 is 0 Å². The van der Waals surface area contributed by atoms with Crippen molar-refractivity contribution in [3.05, 3.63) is 72.1 Å². The van der Waals surface area contributed by atoms with Crippen LogP contribution in [0.1, 0.15) is 17.1 Å². The number of fused-ring (bicyclic) bond motifs is 1. The molecule has 3 heterocycles. The minimum absolute atomic E-state index is 0.796. The maximum Gasteiger partial charge on any atom is 0.490 e. The Kier molecular flexibility index (Phi) is 10.2. The Hall–Kier alpha value is -3.88. The molecule has 2 aromatic heterocycles. The molecule has 3 aromatic rings. The molecule has 1 aliphatic rings. The fourth-order valence-electron chi connectivity index (χ4n) is 3.18. The van der Waals surface area contributed by atoms with Crippen molar-refractivity contribution >= 4 is 11.9 Å². The first-order chi connectivity index (χ1) is 17.3. The van der Waals surface area contributed by atoms with Crippen LogP contribution in [-0.4, -0.2) is 71.8 Å². The van der Waals surface area contributed by atoms with Gasteiger partial charge < -0.3 is 14.8 Å². The lowest BCUT2D eigenvalue weighted by Gasteiger charge is -2.28. The number of hydrogen-bond donors (Lipinski definition) is 2. The van der Waals surface area contributed by atoms with Crippen molar-refractivity contribution in [2.24, 2.45) is 0 Å². The number of benzene rings is 1. The molecular weight excluding hydrogens is 512 g/mol. The third-order valence-corrected chi connectivity index (χ3v) is 4.95. The van der Waals surface area contributed by atoms with Crippen LogP contribution in [0.3, 0.4) is 0 Å². The van der Waals surface area contributed by atoms with Gasteiger partial charge in [0.25, 0.3) is 0 Å². The first kappa shape index (κ1) is 29.4. The van der Waals surface area contributed by atoms with Gasteiger partial charge in [0.15, 0.2) is 0 Å². The number of aromatic nitrogens is 4. The summed E-state index contributed by atoms with van der Waals surface area (Å²) < 4.78 is 67.8. The van der Waals surface area contributed by atoms with Crippen molar-refractivity contribution in [1.82, 2.24) is 24.2 Å². The summed E-state index contributed by atoms with van der Waals surface area (Å²) in [7, 11) is 0. The van der Waals surface area contributed by atoms with Crippen LogP contribution in [0.25, 0.3) is 0 Å². The third-order valence-electron chi connectivity index (χ3n) is 4.95. The summed E-state index contributed by atoms with van der Waals surface area (Å²) in [4.78, 5) is 24.9. The number of carbonyl (C=O) groups is 2. The van der Waals surface area contributed by atoms with E-state index in [0.717, 1.165) is 39.1 Å². The summed E-state index contributed by atoms with van der Waals surface area (Å²) in [6.45, 7) is 4.92. The van der Waals surface area contributed by atoms with Crippen LogP contribution in [0.2, 0.25) is 0 Å². The van der Waals surface area contributed by atoms with E-state index in [0.29, 0.717) is 0 Å². The number of rotatable bonds is 5. The number of halogens is 6. The number of imidazole rings is 1. The highest BCUT2D eigenvalue weighted by Crippen LogP contribution is 2.16. The molecule has 15 heteroatoms. The van der Waals surface area contributed by atoms with E-state index in [1.165, 1.54) is 17.1 Å². The second kappa shape index (κ2) is 12.9. The summed E-state index contributed by atoms with van der Waals surface area (Å²) >= 11 is 0. The van der Waals surface area contributed by atoms with E-state index in [2.05, 4.69) is 49.9 Å². The van der Waals surface area contributed by atoms with E-state index in [-0.39, 0.29) is 0 Å². The molecular formula is C22H23F6N5O4. The summed E-state index contributed by atoms with van der Waals surface area (Å²) in [5.41, 5.74) is 2.65. The van der Waals surface area contributed by atoms with Gasteiger partial charge in [-0.1, -0.05) is 30.3 Å². The van der Waals surface area contributed by atoms with Gasteiger partial charge in [-0.25, -0.2) is 14.6 Å². The Morgan fingerprint density at radius 2 is 1.51 bits per heavy atom. The van der Waals surface area contributed by atoms with Crippen LogP contribution in [0, 0.1) is 0 Å². The smallest absolute Gasteiger partial charge is 0.475 e. The molecule has 0 atom stereocenters. The molecule has 0 radical (unpaired) electrons. The summed E-state index contributed by atoms with van der Waals surface area (Å²) in [5, 5.41) is 18.5. The first-order valence-corrected chi connectivity index (χ1v) is 10.6. The Balaban J connectivity index is 0.000000286. The summed E-state index contributed by atoms with van der Waals surface area (Å²) in [6.07, 6.45) is -3.26. The van der Waals surface area contributed by atoms with Gasteiger partial charge in [0, 0.05) is 32.0 Å². The van der Waals surface area contributed by atoms with E-state index in [4.69, 9.17) is 19.8 Å². The Labute approximate surface area is 206 Å². The van der Waals surface area contributed by atoms with Crippen LogP contribution >= 0.6 is 0 Å². The second-order valence-corrected chi connectivity index (χ2v) is 7.64. The van der Waals surface area contributed by atoms with E-state index in [1.54, 1.807) is 0 Å².